The Bertz CT molecular complexity index is 389. The molecule has 66 valence electrons. The van der Waals surface area contributed by atoms with Gasteiger partial charge in [-0.25, -0.2) is 0 Å². The van der Waals surface area contributed by atoms with Gasteiger partial charge in [0.2, 0.25) is 0 Å². The van der Waals surface area contributed by atoms with Crippen LogP contribution < -0.4 is 0 Å². The average Bonchev–Trinajstić information content (AvgIpc) is 2.53. The van der Waals surface area contributed by atoms with E-state index in [0.29, 0.717) is 0 Å². The number of nitrogens with zero attached hydrogens (tertiary/aromatic N) is 1. The molecule has 0 saturated carbocycles. The number of aromatic nitrogens is 1. The van der Waals surface area contributed by atoms with Crippen LogP contribution in [0.1, 0.15) is 5.56 Å². The van der Waals surface area contributed by atoms with Gasteiger partial charge in [0.15, 0.2) is 0 Å². The third-order valence-electron chi connectivity index (χ3n) is 1.78. The number of benzene rings is 1. The number of hydrogen-bond donors (Lipinski definition) is 0. The number of hydrogen-bond acceptors (Lipinski definition) is 2. The second-order valence-electron chi connectivity index (χ2n) is 2.90. The standard InChI is InChI=1S/C10H8BrNO/c1-7-4-8(6-9(11)5-7)10-2-3-13-12-10/h2-6H,1H3. The molecule has 0 atom stereocenters. The molecule has 2 nitrogen and oxygen atoms in total. The van der Waals surface area contributed by atoms with E-state index in [-0.39, 0.29) is 0 Å². The highest BCUT2D eigenvalue weighted by Gasteiger charge is 2.02. The molecule has 0 N–H and O–H groups in total. The fraction of sp³-hybridized carbons (Fsp3) is 0.100. The SMILES string of the molecule is Cc1cc(Br)cc(-c2ccon2)c1. The third-order valence-corrected chi connectivity index (χ3v) is 2.23. The lowest BCUT2D eigenvalue weighted by atomic mass is 10.1. The first-order chi connectivity index (χ1) is 6.25. The van der Waals surface area contributed by atoms with E-state index in [0.717, 1.165) is 15.7 Å². The van der Waals surface area contributed by atoms with Gasteiger partial charge in [-0.15, -0.1) is 0 Å². The van der Waals surface area contributed by atoms with Crippen LogP contribution in [0.25, 0.3) is 11.3 Å². The van der Waals surface area contributed by atoms with Gasteiger partial charge in [0.25, 0.3) is 0 Å². The van der Waals surface area contributed by atoms with Gasteiger partial charge in [-0.3, -0.25) is 0 Å². The molecule has 0 unspecified atom stereocenters. The van der Waals surface area contributed by atoms with Crippen molar-refractivity contribution in [1.29, 1.82) is 0 Å². The Morgan fingerprint density at radius 1 is 1.31 bits per heavy atom. The van der Waals surface area contributed by atoms with Gasteiger partial charge in [-0.05, 0) is 30.7 Å². The molecule has 2 aromatic rings. The van der Waals surface area contributed by atoms with Crippen LogP contribution in [0, 0.1) is 6.92 Å². The maximum Gasteiger partial charge on any atom is 0.124 e. The summed E-state index contributed by atoms with van der Waals surface area (Å²) in [4.78, 5) is 0. The smallest absolute Gasteiger partial charge is 0.124 e. The van der Waals surface area contributed by atoms with Gasteiger partial charge in [0.05, 0.1) is 0 Å². The fourth-order valence-electron chi connectivity index (χ4n) is 1.25. The van der Waals surface area contributed by atoms with E-state index in [9.17, 15) is 0 Å². The van der Waals surface area contributed by atoms with E-state index in [1.54, 1.807) is 6.26 Å². The molecule has 0 fully saturated rings. The molecule has 0 saturated heterocycles. The summed E-state index contributed by atoms with van der Waals surface area (Å²) in [7, 11) is 0. The molecule has 1 aromatic heterocycles. The van der Waals surface area contributed by atoms with Gasteiger partial charge in [0.1, 0.15) is 12.0 Å². The average molecular weight is 238 g/mol. The van der Waals surface area contributed by atoms with Gasteiger partial charge < -0.3 is 4.52 Å². The van der Waals surface area contributed by atoms with Crippen molar-refractivity contribution in [2.24, 2.45) is 0 Å². The summed E-state index contributed by atoms with van der Waals surface area (Å²) in [5.41, 5.74) is 3.14. The first-order valence-electron chi connectivity index (χ1n) is 3.93. The zero-order valence-corrected chi connectivity index (χ0v) is 8.71. The Kier molecular flexibility index (Phi) is 2.19. The lowest BCUT2D eigenvalue weighted by Gasteiger charge is -1.99. The highest BCUT2D eigenvalue weighted by Crippen LogP contribution is 2.23. The van der Waals surface area contributed by atoms with Crippen LogP contribution in [0.2, 0.25) is 0 Å². The highest BCUT2D eigenvalue weighted by atomic mass is 79.9. The summed E-state index contributed by atoms with van der Waals surface area (Å²) in [6.07, 6.45) is 1.57. The topological polar surface area (TPSA) is 26.0 Å². The zero-order valence-electron chi connectivity index (χ0n) is 7.12. The molecule has 1 heterocycles. The summed E-state index contributed by atoms with van der Waals surface area (Å²) in [5.74, 6) is 0. The molecule has 0 aliphatic heterocycles. The van der Waals surface area contributed by atoms with Gasteiger partial charge in [0, 0.05) is 16.1 Å². The maximum atomic E-state index is 4.78. The molecule has 0 aliphatic carbocycles. The summed E-state index contributed by atoms with van der Waals surface area (Å²) in [5, 5.41) is 3.87. The van der Waals surface area contributed by atoms with Crippen LogP contribution in [-0.4, -0.2) is 5.16 Å². The normalized spacial score (nSPS) is 10.3. The molecular formula is C10H8BrNO. The predicted molar refractivity (Wildman–Crippen MR) is 54.4 cm³/mol. The monoisotopic (exact) mass is 237 g/mol. The van der Waals surface area contributed by atoms with E-state index in [2.05, 4.69) is 33.2 Å². The number of halogens is 1. The van der Waals surface area contributed by atoms with Crippen LogP contribution in [0.4, 0.5) is 0 Å². The van der Waals surface area contributed by atoms with E-state index in [1.165, 1.54) is 5.56 Å². The largest absolute Gasteiger partial charge is 0.364 e. The van der Waals surface area contributed by atoms with Gasteiger partial charge in [-0.2, -0.15) is 0 Å². The summed E-state index contributed by atoms with van der Waals surface area (Å²) in [6, 6.07) is 8.00. The molecule has 2 rings (SSSR count). The Hall–Kier alpha value is -1.09. The second-order valence-corrected chi connectivity index (χ2v) is 3.82. The van der Waals surface area contributed by atoms with Crippen LogP contribution in [-0.2, 0) is 0 Å². The second kappa shape index (κ2) is 3.34. The van der Waals surface area contributed by atoms with Crippen molar-refractivity contribution < 1.29 is 4.52 Å². The predicted octanol–water partition coefficient (Wildman–Crippen LogP) is 3.41. The van der Waals surface area contributed by atoms with Crippen molar-refractivity contribution in [3.63, 3.8) is 0 Å². The van der Waals surface area contributed by atoms with E-state index in [4.69, 9.17) is 4.52 Å². The lowest BCUT2D eigenvalue weighted by molar-refractivity contribution is 0.422. The molecule has 0 spiro atoms. The van der Waals surface area contributed by atoms with Crippen LogP contribution >= 0.6 is 15.9 Å². The zero-order chi connectivity index (χ0) is 9.26. The van der Waals surface area contributed by atoms with Crippen LogP contribution in [0.3, 0.4) is 0 Å². The number of aryl methyl sites for hydroxylation is 1. The number of rotatable bonds is 1. The lowest BCUT2D eigenvalue weighted by Crippen LogP contribution is -1.79. The fourth-order valence-corrected chi connectivity index (χ4v) is 1.85. The van der Waals surface area contributed by atoms with Crippen molar-refractivity contribution in [3.8, 4) is 11.3 Å². The Labute approximate surface area is 84.7 Å². The van der Waals surface area contributed by atoms with E-state index < -0.39 is 0 Å². The molecule has 3 heteroatoms. The van der Waals surface area contributed by atoms with Crippen molar-refractivity contribution in [2.75, 3.05) is 0 Å². The van der Waals surface area contributed by atoms with Crippen molar-refractivity contribution in [2.45, 2.75) is 6.92 Å². The summed E-state index contributed by atoms with van der Waals surface area (Å²) >= 11 is 3.44. The minimum atomic E-state index is 0.865. The van der Waals surface area contributed by atoms with Crippen molar-refractivity contribution in [1.82, 2.24) is 5.16 Å². The molecule has 0 bridgehead atoms. The first kappa shape index (κ1) is 8.51. The van der Waals surface area contributed by atoms with Crippen LogP contribution in [0.5, 0.6) is 0 Å². The Morgan fingerprint density at radius 2 is 2.15 bits per heavy atom. The van der Waals surface area contributed by atoms with Crippen molar-refractivity contribution >= 4 is 15.9 Å². The van der Waals surface area contributed by atoms with Crippen LogP contribution in [0.15, 0.2) is 39.5 Å². The van der Waals surface area contributed by atoms with E-state index >= 15 is 0 Å². The third kappa shape index (κ3) is 1.80. The quantitative estimate of drug-likeness (QED) is 0.760. The Balaban J connectivity index is 2.53. The minimum Gasteiger partial charge on any atom is -0.364 e. The first-order valence-corrected chi connectivity index (χ1v) is 4.73. The molecule has 0 aliphatic rings. The highest BCUT2D eigenvalue weighted by molar-refractivity contribution is 9.10. The molecule has 0 amide bonds. The molecule has 0 radical (unpaired) electrons. The van der Waals surface area contributed by atoms with Gasteiger partial charge >= 0.3 is 0 Å². The van der Waals surface area contributed by atoms with Crippen molar-refractivity contribution in [3.05, 3.63) is 40.6 Å². The summed E-state index contributed by atoms with van der Waals surface area (Å²) in [6.45, 7) is 2.05. The molecular weight excluding hydrogens is 230 g/mol. The minimum absolute atomic E-state index is 0.865. The van der Waals surface area contributed by atoms with E-state index in [1.807, 2.05) is 19.1 Å². The Morgan fingerprint density at radius 3 is 2.77 bits per heavy atom. The van der Waals surface area contributed by atoms with Gasteiger partial charge in [-0.1, -0.05) is 21.1 Å². The molecule has 1 aromatic carbocycles. The summed E-state index contributed by atoms with van der Waals surface area (Å²) < 4.78 is 5.84. The molecule has 13 heavy (non-hydrogen) atoms. The maximum absolute atomic E-state index is 4.78.